The van der Waals surface area contributed by atoms with Gasteiger partial charge in [0.25, 0.3) is 5.91 Å². The molecule has 0 aliphatic heterocycles. The monoisotopic (exact) mass is 377 g/mol. The zero-order chi connectivity index (χ0) is 19.8. The summed E-state index contributed by atoms with van der Waals surface area (Å²) in [5.74, 6) is -3.39. The van der Waals surface area contributed by atoms with Gasteiger partial charge < -0.3 is 14.8 Å². The molecule has 6 nitrogen and oxygen atoms in total. The number of hydrogen-bond donors (Lipinski definition) is 1. The van der Waals surface area contributed by atoms with Crippen molar-refractivity contribution in [1.82, 2.24) is 5.32 Å². The van der Waals surface area contributed by atoms with E-state index in [-0.39, 0.29) is 0 Å². The van der Waals surface area contributed by atoms with Gasteiger partial charge >= 0.3 is 5.97 Å². The van der Waals surface area contributed by atoms with Crippen LogP contribution < -0.4 is 10.1 Å². The van der Waals surface area contributed by atoms with E-state index in [0.29, 0.717) is 17.9 Å². The number of carbonyl (C=O) groups excluding carboxylic acids is 3. The van der Waals surface area contributed by atoms with E-state index in [2.05, 4.69) is 10.1 Å². The van der Waals surface area contributed by atoms with E-state index < -0.39 is 48.0 Å². The molecule has 0 saturated carbocycles. The molecule has 0 saturated heterocycles. The van der Waals surface area contributed by atoms with Crippen LogP contribution in [-0.2, 0) is 9.53 Å². The number of Topliss-reactive ketones (excluding diaryl/α,β-unsaturated/α-hetero) is 1. The average molecular weight is 377 g/mol. The maximum atomic E-state index is 13.5. The molecular formula is C19H17F2NO5. The number of nitrogens with one attached hydrogen (secondary N) is 1. The van der Waals surface area contributed by atoms with E-state index in [9.17, 15) is 23.2 Å². The van der Waals surface area contributed by atoms with Crippen LogP contribution in [0.5, 0.6) is 5.75 Å². The van der Waals surface area contributed by atoms with Gasteiger partial charge in [0.2, 0.25) is 5.78 Å². The number of rotatable bonds is 8. The van der Waals surface area contributed by atoms with Gasteiger partial charge in [-0.05, 0) is 49.4 Å². The number of halogens is 2. The first-order chi connectivity index (χ1) is 12.9. The maximum absolute atomic E-state index is 13.5. The number of ether oxygens (including phenoxy) is 2. The summed E-state index contributed by atoms with van der Waals surface area (Å²) in [4.78, 5) is 35.4. The van der Waals surface area contributed by atoms with Crippen molar-refractivity contribution in [2.24, 2.45) is 0 Å². The van der Waals surface area contributed by atoms with Gasteiger partial charge in [0.15, 0.2) is 6.61 Å². The molecule has 2 rings (SSSR count). The second kappa shape index (κ2) is 9.42. The van der Waals surface area contributed by atoms with Crippen LogP contribution in [-0.4, -0.2) is 37.4 Å². The van der Waals surface area contributed by atoms with Crippen LogP contribution in [0.2, 0.25) is 0 Å². The van der Waals surface area contributed by atoms with Crippen molar-refractivity contribution >= 4 is 17.7 Å². The standard InChI is InChI=1S/C19H17F2NO5/c1-2-26-14-6-3-12(4-7-14)19(25)22-10-18(24)27-11-17(23)15-9-13(20)5-8-16(15)21/h3-9H,2,10-11H2,1H3,(H,22,25). The van der Waals surface area contributed by atoms with Crippen molar-refractivity contribution in [2.45, 2.75) is 6.92 Å². The molecule has 0 heterocycles. The summed E-state index contributed by atoms with van der Waals surface area (Å²) in [7, 11) is 0. The molecule has 142 valence electrons. The number of carbonyl (C=O) groups is 3. The first kappa shape index (κ1) is 20.0. The van der Waals surface area contributed by atoms with Gasteiger partial charge in [-0.3, -0.25) is 14.4 Å². The first-order valence-corrected chi connectivity index (χ1v) is 8.05. The molecule has 0 fully saturated rings. The Morgan fingerprint density at radius 2 is 1.74 bits per heavy atom. The van der Waals surface area contributed by atoms with Crippen molar-refractivity contribution in [1.29, 1.82) is 0 Å². The van der Waals surface area contributed by atoms with Gasteiger partial charge in [-0.1, -0.05) is 0 Å². The first-order valence-electron chi connectivity index (χ1n) is 8.05. The van der Waals surface area contributed by atoms with E-state index >= 15 is 0 Å². The van der Waals surface area contributed by atoms with E-state index in [1.807, 2.05) is 6.92 Å². The highest BCUT2D eigenvalue weighted by atomic mass is 19.1. The van der Waals surface area contributed by atoms with E-state index in [0.717, 1.165) is 18.2 Å². The molecule has 0 aromatic heterocycles. The molecule has 1 N–H and O–H groups in total. The highest BCUT2D eigenvalue weighted by Gasteiger charge is 2.16. The van der Waals surface area contributed by atoms with Gasteiger partial charge in [-0.25, -0.2) is 8.78 Å². The third-order valence-electron chi connectivity index (χ3n) is 3.41. The molecule has 0 aliphatic carbocycles. The van der Waals surface area contributed by atoms with Crippen LogP contribution in [0, 0.1) is 11.6 Å². The molecule has 8 heteroatoms. The Balaban J connectivity index is 1.81. The van der Waals surface area contributed by atoms with Crippen molar-refractivity contribution in [3.05, 3.63) is 65.2 Å². The van der Waals surface area contributed by atoms with Crippen molar-refractivity contribution in [3.8, 4) is 5.75 Å². The second-order valence-corrected chi connectivity index (χ2v) is 5.35. The third kappa shape index (κ3) is 5.88. The minimum absolute atomic E-state index is 0.309. The van der Waals surface area contributed by atoms with Crippen LogP contribution in [0.25, 0.3) is 0 Å². The topological polar surface area (TPSA) is 81.7 Å². The molecule has 2 aromatic rings. The lowest BCUT2D eigenvalue weighted by Gasteiger charge is -2.08. The molecular weight excluding hydrogens is 360 g/mol. The van der Waals surface area contributed by atoms with Gasteiger partial charge in [-0.15, -0.1) is 0 Å². The average Bonchev–Trinajstić information content (AvgIpc) is 2.67. The number of amides is 1. The summed E-state index contributed by atoms with van der Waals surface area (Å²) in [5.41, 5.74) is -0.203. The quantitative estimate of drug-likeness (QED) is 0.565. The van der Waals surface area contributed by atoms with Gasteiger partial charge in [0, 0.05) is 5.56 Å². The fourth-order valence-electron chi connectivity index (χ4n) is 2.11. The number of hydrogen-bond acceptors (Lipinski definition) is 5. The smallest absolute Gasteiger partial charge is 0.325 e. The molecule has 0 unspecified atom stereocenters. The maximum Gasteiger partial charge on any atom is 0.325 e. The normalized spacial score (nSPS) is 10.2. The van der Waals surface area contributed by atoms with Crippen LogP contribution in [0.1, 0.15) is 27.6 Å². The Morgan fingerprint density at radius 1 is 1.04 bits per heavy atom. The predicted octanol–water partition coefficient (Wildman–Crippen LogP) is 2.52. The largest absolute Gasteiger partial charge is 0.494 e. The minimum Gasteiger partial charge on any atom is -0.494 e. The summed E-state index contributed by atoms with van der Waals surface area (Å²) < 4.78 is 36.5. The summed E-state index contributed by atoms with van der Waals surface area (Å²) in [6, 6.07) is 8.69. The van der Waals surface area contributed by atoms with Crippen LogP contribution >= 0.6 is 0 Å². The highest BCUT2D eigenvalue weighted by molar-refractivity contribution is 5.99. The van der Waals surface area contributed by atoms with Crippen molar-refractivity contribution in [2.75, 3.05) is 19.8 Å². The Labute approximate surface area is 154 Å². The fraction of sp³-hybridized carbons (Fsp3) is 0.211. The summed E-state index contributed by atoms with van der Waals surface area (Å²) in [6.45, 7) is 1.08. The van der Waals surface area contributed by atoms with E-state index in [4.69, 9.17) is 4.74 Å². The lowest BCUT2D eigenvalue weighted by Crippen LogP contribution is -2.31. The SMILES string of the molecule is CCOc1ccc(C(=O)NCC(=O)OCC(=O)c2cc(F)ccc2F)cc1. The fourth-order valence-corrected chi connectivity index (χ4v) is 2.11. The summed E-state index contributed by atoms with van der Waals surface area (Å²) in [5, 5.41) is 2.33. The lowest BCUT2D eigenvalue weighted by atomic mass is 10.1. The van der Waals surface area contributed by atoms with Crippen molar-refractivity contribution < 1.29 is 32.6 Å². The van der Waals surface area contributed by atoms with Crippen molar-refractivity contribution in [3.63, 3.8) is 0 Å². The van der Waals surface area contributed by atoms with E-state index in [1.54, 1.807) is 12.1 Å². The predicted molar refractivity (Wildman–Crippen MR) is 91.6 cm³/mol. The molecule has 0 atom stereocenters. The molecule has 0 spiro atoms. The zero-order valence-electron chi connectivity index (χ0n) is 14.5. The van der Waals surface area contributed by atoms with Gasteiger partial charge in [-0.2, -0.15) is 0 Å². The molecule has 2 aromatic carbocycles. The highest BCUT2D eigenvalue weighted by Crippen LogP contribution is 2.12. The molecule has 1 amide bonds. The lowest BCUT2D eigenvalue weighted by molar-refractivity contribution is -0.141. The van der Waals surface area contributed by atoms with Gasteiger partial charge in [0.05, 0.1) is 12.2 Å². The minimum atomic E-state index is -0.916. The third-order valence-corrected chi connectivity index (χ3v) is 3.41. The van der Waals surface area contributed by atoms with Crippen LogP contribution in [0.15, 0.2) is 42.5 Å². The Bertz CT molecular complexity index is 836. The second-order valence-electron chi connectivity index (χ2n) is 5.35. The zero-order valence-corrected chi connectivity index (χ0v) is 14.5. The molecule has 0 aliphatic rings. The number of esters is 1. The Morgan fingerprint density at radius 3 is 2.41 bits per heavy atom. The molecule has 27 heavy (non-hydrogen) atoms. The van der Waals surface area contributed by atoms with E-state index in [1.165, 1.54) is 12.1 Å². The summed E-state index contributed by atoms with van der Waals surface area (Å²) >= 11 is 0. The Hall–Kier alpha value is -3.29. The number of ketones is 1. The van der Waals surface area contributed by atoms with Gasteiger partial charge in [0.1, 0.15) is 23.9 Å². The Kier molecular flexibility index (Phi) is 6.99. The number of benzene rings is 2. The van der Waals surface area contributed by atoms with Crippen LogP contribution in [0.4, 0.5) is 8.78 Å². The molecule has 0 bridgehead atoms. The van der Waals surface area contributed by atoms with Crippen LogP contribution in [0.3, 0.4) is 0 Å². The molecule has 0 radical (unpaired) electrons. The summed E-state index contributed by atoms with van der Waals surface area (Å²) in [6.07, 6.45) is 0.